The fraction of sp³-hybridized carbons (Fsp3) is 0.500. The molecule has 1 heteroatoms. The molecular weight excluding hydrogens is 350 g/mol. The van der Waals surface area contributed by atoms with Crippen molar-refractivity contribution in [2.45, 2.75) is 80.6 Å². The van der Waals surface area contributed by atoms with Crippen molar-refractivity contribution in [3.05, 3.63) is 66.9 Å². The lowest BCUT2D eigenvalue weighted by Gasteiger charge is -2.22. The average molecular weight is 396 g/mol. The second-order valence-corrected chi connectivity index (χ2v) is 8.71. The molecule has 2 atom stereocenters. The van der Waals surface area contributed by atoms with E-state index in [9.17, 15) is 0 Å². The van der Waals surface area contributed by atoms with Gasteiger partial charge in [-0.2, -0.15) is 0 Å². The third-order valence-electron chi connectivity index (χ3n) is 4.92. The summed E-state index contributed by atoms with van der Waals surface area (Å²) in [6.45, 7) is 26.5. The molecule has 1 aromatic carbocycles. The maximum Gasteiger partial charge on any atom is 0.0458 e. The topological polar surface area (TPSA) is 15.8 Å². The molecule has 2 rings (SSSR count). The standard InChI is InChI=1S/C13H26.C11H11N.C4H8/c1-6-8-9-13(7-2)12(5)10-11(3)4;1-8(2)11-7-9-5-3-4-6-10(9)12-11;1-4(2)3/h12-13H,3,6-10H2,1-2,4-5H3;3-7,12H,1H2,2H3;1H2,2-3H3/t12-,13?;;/m1../s1. The molecular formula is C28H45N. The Kier molecular flexibility index (Phi) is 13.9. The van der Waals surface area contributed by atoms with E-state index in [2.05, 4.69) is 70.6 Å². The summed E-state index contributed by atoms with van der Waals surface area (Å²) in [7, 11) is 0. The lowest BCUT2D eigenvalue weighted by atomic mass is 9.84. The molecule has 0 amide bonds. The van der Waals surface area contributed by atoms with Crippen molar-refractivity contribution < 1.29 is 0 Å². The van der Waals surface area contributed by atoms with Crippen LogP contribution in [0.3, 0.4) is 0 Å². The minimum absolute atomic E-state index is 0.828. The maximum absolute atomic E-state index is 3.99. The summed E-state index contributed by atoms with van der Waals surface area (Å²) < 4.78 is 0. The molecule has 0 aliphatic rings. The van der Waals surface area contributed by atoms with Crippen LogP contribution in [-0.4, -0.2) is 4.98 Å². The van der Waals surface area contributed by atoms with E-state index in [1.165, 1.54) is 54.2 Å². The fourth-order valence-corrected chi connectivity index (χ4v) is 3.38. The molecule has 0 aliphatic carbocycles. The Morgan fingerprint density at radius 2 is 1.59 bits per heavy atom. The summed E-state index contributed by atoms with van der Waals surface area (Å²) in [5.41, 5.74) is 5.88. The van der Waals surface area contributed by atoms with E-state index in [0.29, 0.717) is 0 Å². The van der Waals surface area contributed by atoms with Gasteiger partial charge < -0.3 is 4.98 Å². The first-order valence-electron chi connectivity index (χ1n) is 11.1. The van der Waals surface area contributed by atoms with Crippen molar-refractivity contribution in [3.63, 3.8) is 0 Å². The zero-order valence-electron chi connectivity index (χ0n) is 20.2. The van der Waals surface area contributed by atoms with E-state index in [0.717, 1.165) is 23.1 Å². The van der Waals surface area contributed by atoms with E-state index in [1.807, 2.05) is 32.9 Å². The number of allylic oxidation sites excluding steroid dienone is 3. The van der Waals surface area contributed by atoms with E-state index >= 15 is 0 Å². The molecule has 0 bridgehead atoms. The van der Waals surface area contributed by atoms with Crippen LogP contribution in [0.15, 0.2) is 61.2 Å². The molecule has 0 aliphatic heterocycles. The van der Waals surface area contributed by atoms with E-state index in [-0.39, 0.29) is 0 Å². The molecule has 0 fully saturated rings. The van der Waals surface area contributed by atoms with Crippen molar-refractivity contribution in [2.24, 2.45) is 11.8 Å². The second kappa shape index (κ2) is 14.9. The van der Waals surface area contributed by atoms with Crippen LogP contribution >= 0.6 is 0 Å². The van der Waals surface area contributed by atoms with Crippen LogP contribution in [0, 0.1) is 11.8 Å². The molecule has 0 saturated heterocycles. The van der Waals surface area contributed by atoms with Gasteiger partial charge in [0.05, 0.1) is 0 Å². The van der Waals surface area contributed by atoms with Crippen LogP contribution in [0.5, 0.6) is 0 Å². The first-order valence-corrected chi connectivity index (χ1v) is 11.1. The number of unbranched alkanes of at least 4 members (excludes halogenated alkanes) is 1. The highest BCUT2D eigenvalue weighted by Crippen LogP contribution is 2.26. The van der Waals surface area contributed by atoms with Gasteiger partial charge in [0, 0.05) is 11.2 Å². The third-order valence-corrected chi connectivity index (χ3v) is 4.92. The van der Waals surface area contributed by atoms with Gasteiger partial charge in [0.25, 0.3) is 0 Å². The van der Waals surface area contributed by atoms with Gasteiger partial charge in [-0.1, -0.05) is 82.4 Å². The Hall–Kier alpha value is -2.02. The minimum atomic E-state index is 0.828. The number of rotatable bonds is 8. The van der Waals surface area contributed by atoms with Gasteiger partial charge in [-0.3, -0.25) is 0 Å². The Morgan fingerprint density at radius 3 is 2.03 bits per heavy atom. The lowest BCUT2D eigenvalue weighted by Crippen LogP contribution is -2.11. The number of nitrogens with one attached hydrogen (secondary N) is 1. The average Bonchev–Trinajstić information content (AvgIpc) is 3.06. The normalized spacial score (nSPS) is 12.1. The number of H-pyrrole nitrogens is 1. The van der Waals surface area contributed by atoms with Crippen LogP contribution in [0.4, 0.5) is 0 Å². The second-order valence-electron chi connectivity index (χ2n) is 8.71. The monoisotopic (exact) mass is 395 g/mol. The van der Waals surface area contributed by atoms with Gasteiger partial charge in [0.1, 0.15) is 0 Å². The molecule has 0 radical (unpaired) electrons. The fourth-order valence-electron chi connectivity index (χ4n) is 3.38. The maximum atomic E-state index is 3.99. The minimum Gasteiger partial charge on any atom is -0.355 e. The quantitative estimate of drug-likeness (QED) is 0.428. The predicted molar refractivity (Wildman–Crippen MR) is 135 cm³/mol. The van der Waals surface area contributed by atoms with Crippen LogP contribution in [0.2, 0.25) is 0 Å². The van der Waals surface area contributed by atoms with Crippen molar-refractivity contribution >= 4 is 16.5 Å². The Bertz CT molecular complexity index is 710. The summed E-state index contributed by atoms with van der Waals surface area (Å²) >= 11 is 0. The Morgan fingerprint density at radius 1 is 1.00 bits per heavy atom. The first kappa shape index (κ1) is 27.0. The number of fused-ring (bicyclic) bond motifs is 1. The van der Waals surface area contributed by atoms with E-state index < -0.39 is 0 Å². The number of benzene rings is 1. The highest BCUT2D eigenvalue weighted by molar-refractivity contribution is 5.83. The number of para-hydroxylation sites is 1. The molecule has 1 aromatic heterocycles. The van der Waals surface area contributed by atoms with E-state index in [4.69, 9.17) is 0 Å². The molecule has 0 saturated carbocycles. The molecule has 1 heterocycles. The first-order chi connectivity index (χ1) is 13.6. The zero-order valence-corrected chi connectivity index (χ0v) is 20.2. The van der Waals surface area contributed by atoms with Crippen LogP contribution in [0.1, 0.15) is 86.3 Å². The Labute approximate surface area is 181 Å². The Balaban J connectivity index is 0.000000458. The number of aromatic nitrogens is 1. The number of aromatic amines is 1. The number of hydrogen-bond acceptors (Lipinski definition) is 0. The smallest absolute Gasteiger partial charge is 0.0458 e. The van der Waals surface area contributed by atoms with Gasteiger partial charge in [-0.15, -0.1) is 13.2 Å². The van der Waals surface area contributed by atoms with Crippen molar-refractivity contribution in [2.75, 3.05) is 0 Å². The van der Waals surface area contributed by atoms with Gasteiger partial charge in [-0.05, 0) is 69.0 Å². The van der Waals surface area contributed by atoms with E-state index in [1.54, 1.807) is 0 Å². The molecule has 1 unspecified atom stereocenters. The zero-order chi connectivity index (χ0) is 22.4. The molecule has 0 spiro atoms. The highest BCUT2D eigenvalue weighted by atomic mass is 14.7. The van der Waals surface area contributed by atoms with Crippen LogP contribution in [0.25, 0.3) is 16.5 Å². The van der Waals surface area contributed by atoms with Gasteiger partial charge in [0.15, 0.2) is 0 Å². The molecule has 1 N–H and O–H groups in total. The molecule has 162 valence electrons. The van der Waals surface area contributed by atoms with Crippen molar-refractivity contribution in [3.8, 4) is 0 Å². The SMILES string of the molecule is C=C(C)C.C=C(C)C[C@@H](C)C(CC)CCCC.C=C(C)c1cc2ccccc2[nH]1. The van der Waals surface area contributed by atoms with Gasteiger partial charge >= 0.3 is 0 Å². The third kappa shape index (κ3) is 12.2. The van der Waals surface area contributed by atoms with Gasteiger partial charge in [-0.25, -0.2) is 0 Å². The predicted octanol–water partition coefficient (Wildman–Crippen LogP) is 9.59. The lowest BCUT2D eigenvalue weighted by molar-refractivity contribution is 0.316. The van der Waals surface area contributed by atoms with Crippen LogP contribution < -0.4 is 0 Å². The molecule has 29 heavy (non-hydrogen) atoms. The van der Waals surface area contributed by atoms with Gasteiger partial charge in [0.2, 0.25) is 0 Å². The molecule has 2 aromatic rings. The largest absolute Gasteiger partial charge is 0.355 e. The van der Waals surface area contributed by atoms with Crippen LogP contribution in [-0.2, 0) is 0 Å². The van der Waals surface area contributed by atoms with Crippen molar-refractivity contribution in [1.29, 1.82) is 0 Å². The number of hydrogen-bond donors (Lipinski definition) is 1. The summed E-state index contributed by atoms with van der Waals surface area (Å²) in [5, 5.41) is 1.25. The summed E-state index contributed by atoms with van der Waals surface area (Å²) in [5.74, 6) is 1.74. The summed E-state index contributed by atoms with van der Waals surface area (Å²) in [6, 6.07) is 10.4. The van der Waals surface area contributed by atoms with Crippen molar-refractivity contribution in [1.82, 2.24) is 4.98 Å². The highest BCUT2D eigenvalue weighted by Gasteiger charge is 2.14. The summed E-state index contributed by atoms with van der Waals surface area (Å²) in [6.07, 6.45) is 6.66. The molecule has 1 nitrogen and oxygen atoms in total. The summed E-state index contributed by atoms with van der Waals surface area (Å²) in [4.78, 5) is 3.30.